The number of benzene rings is 2. The fourth-order valence-electron chi connectivity index (χ4n) is 6.88. The molecule has 1 saturated heterocycles. The first kappa shape index (κ1) is 39.9. The molecule has 2 aromatic carbocycles. The second-order valence-electron chi connectivity index (χ2n) is 15.1. The number of carboxylic acid groups (broad SMARTS) is 1. The Kier molecular flexibility index (Phi) is 13.8. The van der Waals surface area contributed by atoms with Crippen LogP contribution in [0.15, 0.2) is 67.3 Å². The summed E-state index contributed by atoms with van der Waals surface area (Å²) in [6, 6.07) is 13.9. The predicted molar refractivity (Wildman–Crippen MR) is 206 cm³/mol. The number of halogens is 1. The number of hydrogen-bond donors (Lipinski definition) is 1. The molecule has 51 heavy (non-hydrogen) atoms. The quantitative estimate of drug-likeness (QED) is 0.149. The zero-order valence-corrected chi connectivity index (χ0v) is 32.0. The van der Waals surface area contributed by atoms with E-state index in [1.54, 1.807) is 19.1 Å². The van der Waals surface area contributed by atoms with Crippen LogP contribution in [0.5, 0.6) is 0 Å². The topological polar surface area (TPSA) is 75.1 Å². The maximum Gasteiger partial charge on any atom is 0.337 e. The predicted octanol–water partition coefficient (Wildman–Crippen LogP) is 9.67. The molecule has 1 fully saturated rings. The third-order valence-corrected chi connectivity index (χ3v) is 9.52. The summed E-state index contributed by atoms with van der Waals surface area (Å²) < 4.78 is 26.5. The number of pyridine rings is 1. The third-order valence-electron chi connectivity index (χ3n) is 9.52. The van der Waals surface area contributed by atoms with E-state index in [1.807, 2.05) is 46.8 Å². The van der Waals surface area contributed by atoms with Crippen molar-refractivity contribution >= 4 is 11.7 Å². The maximum atomic E-state index is 14.0. The molecular formula is C43H58FN3O4. The second-order valence-corrected chi connectivity index (χ2v) is 15.1. The molecule has 7 nitrogen and oxygen atoms in total. The third kappa shape index (κ3) is 10.8. The lowest BCUT2D eigenvalue weighted by Crippen LogP contribution is -2.45. The normalized spacial score (nSPS) is 15.5. The van der Waals surface area contributed by atoms with Gasteiger partial charge in [0, 0.05) is 55.2 Å². The van der Waals surface area contributed by atoms with Crippen LogP contribution in [-0.4, -0.2) is 58.4 Å². The molecule has 1 aromatic heterocycles. The van der Waals surface area contributed by atoms with Crippen LogP contribution in [0, 0.1) is 26.6 Å². The number of hydrogen-bond acceptors (Lipinski definition) is 6. The monoisotopic (exact) mass is 699 g/mol. The number of piperidine rings is 1. The first-order chi connectivity index (χ1) is 24.1. The zero-order valence-electron chi connectivity index (χ0n) is 32.0. The standard InChI is InChI=1S/C43H58FN3O4/c1-10-12-13-14-23-46(29-34-17-20-36(44)30(3)27-34)28-33-15-18-35(19-16-33)37-31(4)45-32(5)38(40(41(48)49)51-42(6,7)8)39(37)47-24-21-43(9,22-25-47)50-26-11-2/h11-13,15-20,27,40H,2,10,14,21-26,28-29H2,1,3-9H3,(H,48,49). The molecule has 276 valence electrons. The Hall–Kier alpha value is -3.85. The Morgan fingerprint density at radius 3 is 2.29 bits per heavy atom. The molecule has 1 unspecified atom stereocenters. The number of carboxylic acids is 1. The number of anilines is 1. The highest BCUT2D eigenvalue weighted by Gasteiger charge is 2.37. The highest BCUT2D eigenvalue weighted by molar-refractivity contribution is 5.88. The summed E-state index contributed by atoms with van der Waals surface area (Å²) in [5, 5.41) is 10.6. The van der Waals surface area contributed by atoms with Gasteiger partial charge in [0.2, 0.25) is 0 Å². The summed E-state index contributed by atoms with van der Waals surface area (Å²) in [5.74, 6) is -1.22. The van der Waals surface area contributed by atoms with Crippen molar-refractivity contribution < 1.29 is 23.8 Å². The van der Waals surface area contributed by atoms with Gasteiger partial charge in [-0.05, 0) is 102 Å². The van der Waals surface area contributed by atoms with Gasteiger partial charge in [0.1, 0.15) is 5.82 Å². The molecule has 0 radical (unpaired) electrons. The molecule has 0 spiro atoms. The number of allylic oxidation sites excluding steroid dienone is 1. The van der Waals surface area contributed by atoms with Crippen LogP contribution in [0.4, 0.5) is 10.1 Å². The number of aliphatic carboxylic acids is 1. The molecule has 3 aromatic rings. The van der Waals surface area contributed by atoms with Crippen LogP contribution in [0.3, 0.4) is 0 Å². The van der Waals surface area contributed by atoms with E-state index in [1.165, 1.54) is 0 Å². The Bertz CT molecular complexity index is 1670. The molecule has 1 aliphatic rings. The molecule has 1 aliphatic heterocycles. The number of aryl methyl sites for hydroxylation is 3. The average molecular weight is 700 g/mol. The summed E-state index contributed by atoms with van der Waals surface area (Å²) >= 11 is 0. The molecule has 0 aliphatic carbocycles. The van der Waals surface area contributed by atoms with Crippen molar-refractivity contribution in [3.63, 3.8) is 0 Å². The fourth-order valence-corrected chi connectivity index (χ4v) is 6.88. The smallest absolute Gasteiger partial charge is 0.337 e. The van der Waals surface area contributed by atoms with Crippen molar-refractivity contribution in [1.82, 2.24) is 9.88 Å². The minimum absolute atomic E-state index is 0.186. The van der Waals surface area contributed by atoms with Gasteiger partial charge in [-0.2, -0.15) is 0 Å². The fraction of sp³-hybridized carbons (Fsp3) is 0.488. The van der Waals surface area contributed by atoms with Crippen LogP contribution >= 0.6 is 0 Å². The Morgan fingerprint density at radius 2 is 1.71 bits per heavy atom. The van der Waals surface area contributed by atoms with Gasteiger partial charge in [-0.15, -0.1) is 6.58 Å². The van der Waals surface area contributed by atoms with Crippen LogP contribution < -0.4 is 4.90 Å². The van der Waals surface area contributed by atoms with E-state index >= 15 is 0 Å². The Balaban J connectivity index is 1.74. The van der Waals surface area contributed by atoms with Crippen molar-refractivity contribution in [2.45, 2.75) is 111 Å². The van der Waals surface area contributed by atoms with Crippen LogP contribution in [0.2, 0.25) is 0 Å². The molecule has 8 heteroatoms. The summed E-state index contributed by atoms with van der Waals surface area (Å²) in [6.07, 6.45) is 8.51. The van der Waals surface area contributed by atoms with Gasteiger partial charge in [0.05, 0.1) is 23.5 Å². The lowest BCUT2D eigenvalue weighted by Gasteiger charge is -2.42. The lowest BCUT2D eigenvalue weighted by atomic mass is 9.89. The summed E-state index contributed by atoms with van der Waals surface area (Å²) in [6.45, 7) is 23.6. The van der Waals surface area contributed by atoms with E-state index in [0.717, 1.165) is 72.4 Å². The van der Waals surface area contributed by atoms with Crippen LogP contribution in [-0.2, 0) is 27.4 Å². The largest absolute Gasteiger partial charge is 0.479 e. The van der Waals surface area contributed by atoms with Gasteiger partial charge in [0.15, 0.2) is 6.10 Å². The number of carbonyl (C=O) groups is 1. The molecule has 0 bridgehead atoms. The first-order valence-corrected chi connectivity index (χ1v) is 18.3. The van der Waals surface area contributed by atoms with E-state index in [9.17, 15) is 14.3 Å². The summed E-state index contributed by atoms with van der Waals surface area (Å²) in [4.78, 5) is 22.6. The van der Waals surface area contributed by atoms with Gasteiger partial charge >= 0.3 is 5.97 Å². The van der Waals surface area contributed by atoms with Crippen molar-refractivity contribution in [3.05, 3.63) is 107 Å². The molecule has 1 atom stereocenters. The average Bonchev–Trinajstić information content (AvgIpc) is 3.07. The van der Waals surface area contributed by atoms with E-state index in [2.05, 4.69) is 66.6 Å². The molecule has 4 rings (SSSR count). The van der Waals surface area contributed by atoms with E-state index in [4.69, 9.17) is 14.5 Å². The van der Waals surface area contributed by atoms with E-state index in [-0.39, 0.29) is 11.4 Å². The van der Waals surface area contributed by atoms with Crippen molar-refractivity contribution in [3.8, 4) is 11.1 Å². The van der Waals surface area contributed by atoms with Crippen molar-refractivity contribution in [1.29, 1.82) is 0 Å². The highest BCUT2D eigenvalue weighted by Crippen LogP contribution is 2.44. The number of nitrogens with zero attached hydrogens (tertiary/aromatic N) is 3. The SMILES string of the molecule is C=CCOC1(C)CCN(c2c(-c3ccc(CN(CCC=CCC)Cc4ccc(F)c(C)c4)cc3)c(C)nc(C)c2C(OC(C)(C)C)C(=O)O)CC1. The Labute approximate surface area is 305 Å². The molecule has 0 saturated carbocycles. The second kappa shape index (κ2) is 17.6. The minimum Gasteiger partial charge on any atom is -0.479 e. The maximum absolute atomic E-state index is 14.0. The summed E-state index contributed by atoms with van der Waals surface area (Å²) in [5.41, 5.74) is 6.76. The van der Waals surface area contributed by atoms with Gasteiger partial charge < -0.3 is 19.5 Å². The zero-order chi connectivity index (χ0) is 37.3. The van der Waals surface area contributed by atoms with Crippen LogP contribution in [0.1, 0.15) is 100 Å². The van der Waals surface area contributed by atoms with Crippen molar-refractivity contribution in [2.75, 3.05) is 31.1 Å². The highest BCUT2D eigenvalue weighted by atomic mass is 19.1. The molecule has 2 heterocycles. The Morgan fingerprint density at radius 1 is 1.06 bits per heavy atom. The van der Waals surface area contributed by atoms with Gasteiger partial charge in [0.25, 0.3) is 0 Å². The van der Waals surface area contributed by atoms with E-state index < -0.39 is 17.7 Å². The first-order valence-electron chi connectivity index (χ1n) is 18.3. The lowest BCUT2D eigenvalue weighted by molar-refractivity contribution is -0.160. The molecular weight excluding hydrogens is 641 g/mol. The molecule has 0 amide bonds. The van der Waals surface area contributed by atoms with Gasteiger partial charge in [-0.1, -0.05) is 61.5 Å². The minimum atomic E-state index is -1.19. The molecule has 1 N–H and O–H groups in total. The van der Waals surface area contributed by atoms with Crippen molar-refractivity contribution in [2.24, 2.45) is 0 Å². The number of rotatable bonds is 16. The van der Waals surface area contributed by atoms with Gasteiger partial charge in [-0.25, -0.2) is 9.18 Å². The van der Waals surface area contributed by atoms with Crippen LogP contribution in [0.25, 0.3) is 11.1 Å². The van der Waals surface area contributed by atoms with E-state index in [0.29, 0.717) is 43.1 Å². The summed E-state index contributed by atoms with van der Waals surface area (Å²) in [7, 11) is 0. The number of ether oxygens (including phenoxy) is 2. The number of aromatic nitrogens is 1. The van der Waals surface area contributed by atoms with Gasteiger partial charge in [-0.3, -0.25) is 9.88 Å².